The van der Waals surface area contributed by atoms with E-state index < -0.39 is 0 Å². The van der Waals surface area contributed by atoms with Gasteiger partial charge in [-0.2, -0.15) is 0 Å². The molecule has 1 aliphatic rings. The van der Waals surface area contributed by atoms with E-state index in [2.05, 4.69) is 19.8 Å². The van der Waals surface area contributed by atoms with Crippen LogP contribution in [0.4, 0.5) is 4.39 Å². The van der Waals surface area contributed by atoms with Gasteiger partial charge in [0.2, 0.25) is 0 Å². The van der Waals surface area contributed by atoms with Crippen LogP contribution in [0.1, 0.15) is 12.0 Å². The summed E-state index contributed by atoms with van der Waals surface area (Å²) < 4.78 is 26.0. The molecule has 0 radical (unpaired) electrons. The number of imidazole rings is 1. The number of nitrogens with zero attached hydrogens (tertiary/aromatic N) is 4. The molecule has 0 saturated heterocycles. The van der Waals surface area contributed by atoms with Crippen LogP contribution in [-0.2, 0) is 4.84 Å². The quantitative estimate of drug-likeness (QED) is 0.719. The van der Waals surface area contributed by atoms with Gasteiger partial charge in [0.15, 0.2) is 6.10 Å². The summed E-state index contributed by atoms with van der Waals surface area (Å²) in [5.41, 5.74) is 1.79. The second-order valence-electron chi connectivity index (χ2n) is 5.25. The lowest BCUT2D eigenvalue weighted by Crippen LogP contribution is -2.18. The number of hydrogen-bond acceptors (Lipinski definition) is 6. The Balaban J connectivity index is 1.42. The van der Waals surface area contributed by atoms with E-state index in [9.17, 15) is 4.39 Å². The van der Waals surface area contributed by atoms with Crippen molar-refractivity contribution >= 4 is 5.71 Å². The van der Waals surface area contributed by atoms with Gasteiger partial charge in [-0.05, 0) is 17.3 Å². The largest absolute Gasteiger partial charge is 0.471 e. The van der Waals surface area contributed by atoms with Crippen molar-refractivity contribution in [3.63, 3.8) is 0 Å². The Morgan fingerprint density at radius 2 is 2.29 bits per heavy atom. The fourth-order valence-corrected chi connectivity index (χ4v) is 2.44. The van der Waals surface area contributed by atoms with Crippen molar-refractivity contribution in [3.8, 4) is 11.6 Å². The molecule has 0 unspecified atom stereocenters. The van der Waals surface area contributed by atoms with Crippen molar-refractivity contribution in [2.24, 2.45) is 5.16 Å². The number of ether oxygens (including phenoxy) is 1. The van der Waals surface area contributed by atoms with Crippen LogP contribution in [0.15, 0.2) is 58.9 Å². The highest BCUT2D eigenvalue weighted by atomic mass is 19.1. The summed E-state index contributed by atoms with van der Waals surface area (Å²) >= 11 is 0. The molecule has 4 rings (SSSR count). The van der Waals surface area contributed by atoms with Crippen molar-refractivity contribution in [2.45, 2.75) is 12.5 Å². The molecule has 2 aromatic heterocycles. The van der Waals surface area contributed by atoms with Crippen LogP contribution < -0.4 is 4.74 Å². The van der Waals surface area contributed by atoms with Gasteiger partial charge < -0.3 is 18.7 Å². The van der Waals surface area contributed by atoms with Crippen molar-refractivity contribution in [1.29, 1.82) is 0 Å². The molecule has 3 aromatic rings. The minimum absolute atomic E-state index is 0.243. The van der Waals surface area contributed by atoms with Crippen molar-refractivity contribution in [3.05, 3.63) is 60.6 Å². The first-order valence-electron chi connectivity index (χ1n) is 7.34. The van der Waals surface area contributed by atoms with Gasteiger partial charge in [0.25, 0.3) is 5.88 Å². The van der Waals surface area contributed by atoms with Crippen molar-refractivity contribution < 1.29 is 18.5 Å². The zero-order chi connectivity index (χ0) is 16.4. The van der Waals surface area contributed by atoms with E-state index in [1.165, 1.54) is 12.3 Å². The lowest BCUT2D eigenvalue weighted by atomic mass is 10.0. The third-order valence-electron chi connectivity index (χ3n) is 3.63. The Kier molecular flexibility index (Phi) is 3.70. The predicted molar refractivity (Wildman–Crippen MR) is 81.5 cm³/mol. The van der Waals surface area contributed by atoms with Crippen LogP contribution in [0.2, 0.25) is 0 Å². The Morgan fingerprint density at radius 3 is 3.04 bits per heavy atom. The van der Waals surface area contributed by atoms with Crippen LogP contribution >= 0.6 is 0 Å². The maximum atomic E-state index is 14.3. The molecule has 24 heavy (non-hydrogen) atoms. The molecule has 1 aromatic carbocycles. The SMILES string of the molecule is Fc1cc(C2=NO[C@H](COc3ccon3)C2)ccc1-n1ccnc1. The van der Waals surface area contributed by atoms with E-state index in [4.69, 9.17) is 9.57 Å². The zero-order valence-electron chi connectivity index (χ0n) is 12.5. The summed E-state index contributed by atoms with van der Waals surface area (Å²) in [4.78, 5) is 9.25. The topological polar surface area (TPSA) is 74.7 Å². The molecule has 0 saturated carbocycles. The minimum Gasteiger partial charge on any atom is -0.471 e. The average molecular weight is 328 g/mol. The Bertz CT molecular complexity index is 846. The monoisotopic (exact) mass is 328 g/mol. The van der Waals surface area contributed by atoms with Crippen molar-refractivity contribution in [1.82, 2.24) is 14.7 Å². The first-order chi connectivity index (χ1) is 11.8. The highest BCUT2D eigenvalue weighted by molar-refractivity contribution is 6.01. The number of hydrogen-bond donors (Lipinski definition) is 0. The summed E-state index contributed by atoms with van der Waals surface area (Å²) in [7, 11) is 0. The molecule has 122 valence electrons. The number of halogens is 1. The van der Waals surface area contributed by atoms with Crippen LogP contribution in [0.25, 0.3) is 5.69 Å². The van der Waals surface area contributed by atoms with E-state index in [-0.39, 0.29) is 18.5 Å². The number of rotatable bonds is 5. The van der Waals surface area contributed by atoms with Gasteiger partial charge in [-0.1, -0.05) is 11.2 Å². The molecule has 0 spiro atoms. The van der Waals surface area contributed by atoms with Gasteiger partial charge in [0, 0.05) is 30.4 Å². The molecule has 3 heterocycles. The fraction of sp³-hybridized carbons (Fsp3) is 0.188. The van der Waals surface area contributed by atoms with E-state index in [1.807, 2.05) is 6.07 Å². The third-order valence-corrected chi connectivity index (χ3v) is 3.63. The van der Waals surface area contributed by atoms with Gasteiger partial charge in [0.1, 0.15) is 18.7 Å². The smallest absolute Gasteiger partial charge is 0.254 e. The predicted octanol–water partition coefficient (Wildman–Crippen LogP) is 2.57. The molecule has 0 bridgehead atoms. The van der Waals surface area contributed by atoms with Crippen LogP contribution in [0.3, 0.4) is 0 Å². The van der Waals surface area contributed by atoms with E-state index in [0.717, 1.165) is 0 Å². The molecule has 0 N–H and O–H groups in total. The number of benzene rings is 1. The van der Waals surface area contributed by atoms with Gasteiger partial charge in [0.05, 0.1) is 17.7 Å². The Morgan fingerprint density at radius 1 is 1.33 bits per heavy atom. The van der Waals surface area contributed by atoms with Gasteiger partial charge in [-0.25, -0.2) is 9.37 Å². The van der Waals surface area contributed by atoms with Gasteiger partial charge in [-0.15, -0.1) is 0 Å². The average Bonchev–Trinajstić information content (AvgIpc) is 3.34. The Hall–Kier alpha value is -3.16. The molecule has 8 heteroatoms. The standard InChI is InChI=1S/C16H13FN4O3/c17-13-7-11(1-2-15(13)21-5-4-18-10-21)14-8-12(24-19-14)9-22-16-3-6-23-20-16/h1-7,10,12H,8-9H2/t12-/m0/s1. The molecule has 0 amide bonds. The first kappa shape index (κ1) is 14.4. The van der Waals surface area contributed by atoms with E-state index in [0.29, 0.717) is 29.3 Å². The summed E-state index contributed by atoms with van der Waals surface area (Å²) in [5.74, 6) is 0.0401. The molecular weight excluding hydrogens is 315 g/mol. The molecule has 0 fully saturated rings. The highest BCUT2D eigenvalue weighted by Crippen LogP contribution is 2.21. The van der Waals surface area contributed by atoms with Crippen molar-refractivity contribution in [2.75, 3.05) is 6.61 Å². The Labute approximate surface area is 136 Å². The second-order valence-corrected chi connectivity index (χ2v) is 5.25. The minimum atomic E-state index is -0.351. The number of oxime groups is 1. The molecular formula is C16H13FN4O3. The fourth-order valence-electron chi connectivity index (χ4n) is 2.44. The summed E-state index contributed by atoms with van der Waals surface area (Å²) in [5, 5.41) is 7.68. The molecule has 7 nitrogen and oxygen atoms in total. The molecule has 1 atom stereocenters. The maximum absolute atomic E-state index is 14.3. The first-order valence-corrected chi connectivity index (χ1v) is 7.34. The summed E-state index contributed by atoms with van der Waals surface area (Å²) in [6.07, 6.45) is 6.55. The van der Waals surface area contributed by atoms with E-state index in [1.54, 1.807) is 35.4 Å². The maximum Gasteiger partial charge on any atom is 0.254 e. The lowest BCUT2D eigenvalue weighted by molar-refractivity contribution is 0.0446. The zero-order valence-corrected chi connectivity index (χ0v) is 12.5. The van der Waals surface area contributed by atoms with Gasteiger partial charge >= 0.3 is 0 Å². The normalized spacial score (nSPS) is 16.7. The third kappa shape index (κ3) is 2.85. The lowest BCUT2D eigenvalue weighted by Gasteiger charge is -2.08. The van der Waals surface area contributed by atoms with Crippen LogP contribution in [-0.4, -0.2) is 33.1 Å². The van der Waals surface area contributed by atoms with Crippen LogP contribution in [0, 0.1) is 5.82 Å². The van der Waals surface area contributed by atoms with Gasteiger partial charge in [-0.3, -0.25) is 0 Å². The highest BCUT2D eigenvalue weighted by Gasteiger charge is 2.24. The number of aromatic nitrogens is 3. The second kappa shape index (κ2) is 6.15. The molecule has 0 aliphatic carbocycles. The summed E-state index contributed by atoms with van der Waals surface area (Å²) in [6.45, 7) is 0.287. The molecule has 1 aliphatic heterocycles. The van der Waals surface area contributed by atoms with E-state index >= 15 is 0 Å². The summed E-state index contributed by atoms with van der Waals surface area (Å²) in [6, 6.07) is 6.55. The van der Waals surface area contributed by atoms with Crippen LogP contribution in [0.5, 0.6) is 5.88 Å².